The topological polar surface area (TPSA) is 67.1 Å². The van der Waals surface area contributed by atoms with E-state index in [1.807, 2.05) is 13.1 Å². The summed E-state index contributed by atoms with van der Waals surface area (Å²) in [5.74, 6) is 2.08. The number of unbranched alkanes of at least 4 members (excludes halogenated alkanes) is 1. The van der Waals surface area contributed by atoms with Gasteiger partial charge >= 0.3 is 0 Å². The highest BCUT2D eigenvalue weighted by Crippen LogP contribution is 2.31. The van der Waals surface area contributed by atoms with Crippen molar-refractivity contribution in [3.63, 3.8) is 0 Å². The van der Waals surface area contributed by atoms with Crippen LogP contribution < -0.4 is 16.0 Å². The quantitative estimate of drug-likeness (QED) is 0.788. The molecule has 1 aliphatic rings. The molecule has 0 bridgehead atoms. The van der Waals surface area contributed by atoms with E-state index in [0.29, 0.717) is 12.0 Å². The maximum absolute atomic E-state index is 5.73. The molecule has 0 atom stereocenters. The summed E-state index contributed by atoms with van der Waals surface area (Å²) in [5.41, 5.74) is 5.73. The molecule has 5 nitrogen and oxygen atoms in total. The van der Waals surface area contributed by atoms with Crippen LogP contribution in [0.15, 0.2) is 6.07 Å². The van der Waals surface area contributed by atoms with Crippen molar-refractivity contribution in [3.05, 3.63) is 6.07 Å². The summed E-state index contributed by atoms with van der Waals surface area (Å²) < 4.78 is 0. The Kier molecular flexibility index (Phi) is 3.66. The van der Waals surface area contributed by atoms with E-state index in [4.69, 9.17) is 5.73 Å². The molecule has 3 N–H and O–H groups in total. The van der Waals surface area contributed by atoms with Crippen molar-refractivity contribution in [2.24, 2.45) is 0 Å². The fourth-order valence-electron chi connectivity index (χ4n) is 1.93. The number of nitrogens with zero attached hydrogens (tertiary/aromatic N) is 3. The van der Waals surface area contributed by atoms with Gasteiger partial charge in [-0.25, -0.2) is 0 Å². The lowest BCUT2D eigenvalue weighted by Crippen LogP contribution is -2.28. The largest absolute Gasteiger partial charge is 0.373 e. The van der Waals surface area contributed by atoms with Crippen molar-refractivity contribution in [1.29, 1.82) is 0 Å². The van der Waals surface area contributed by atoms with Crippen LogP contribution >= 0.6 is 0 Å². The first kappa shape index (κ1) is 12.0. The molecule has 1 heterocycles. The molecule has 94 valence electrons. The summed E-state index contributed by atoms with van der Waals surface area (Å²) in [4.78, 5) is 10.8. The Morgan fingerprint density at radius 1 is 1.47 bits per heavy atom. The van der Waals surface area contributed by atoms with Crippen molar-refractivity contribution in [2.45, 2.75) is 38.6 Å². The van der Waals surface area contributed by atoms with Crippen molar-refractivity contribution >= 4 is 17.6 Å². The molecule has 1 aromatic heterocycles. The normalized spacial score (nSPS) is 14.7. The molecule has 0 saturated heterocycles. The number of rotatable bonds is 6. The predicted octanol–water partition coefficient (Wildman–Crippen LogP) is 1.87. The highest BCUT2D eigenvalue weighted by Gasteiger charge is 2.29. The highest BCUT2D eigenvalue weighted by atomic mass is 15.3. The van der Waals surface area contributed by atoms with Gasteiger partial charge in [0.2, 0.25) is 5.95 Å². The summed E-state index contributed by atoms with van der Waals surface area (Å²) in [6.45, 7) is 3.26. The first-order chi connectivity index (χ1) is 8.24. The second-order valence-electron chi connectivity index (χ2n) is 4.50. The third-order valence-corrected chi connectivity index (χ3v) is 3.02. The van der Waals surface area contributed by atoms with Gasteiger partial charge in [0, 0.05) is 25.7 Å². The zero-order chi connectivity index (χ0) is 12.3. The van der Waals surface area contributed by atoms with Crippen LogP contribution in [0.3, 0.4) is 0 Å². The van der Waals surface area contributed by atoms with E-state index in [1.54, 1.807) is 0 Å². The predicted molar refractivity (Wildman–Crippen MR) is 71.3 cm³/mol. The third-order valence-electron chi connectivity index (χ3n) is 3.02. The van der Waals surface area contributed by atoms with Gasteiger partial charge in [0.05, 0.1) is 0 Å². The molecule has 0 unspecified atom stereocenters. The Morgan fingerprint density at radius 3 is 2.82 bits per heavy atom. The monoisotopic (exact) mass is 235 g/mol. The fraction of sp³-hybridized carbons (Fsp3) is 0.667. The summed E-state index contributed by atoms with van der Waals surface area (Å²) in [5, 5.41) is 3.02. The number of nitrogens with one attached hydrogen (secondary N) is 1. The second-order valence-corrected chi connectivity index (χ2v) is 4.50. The van der Waals surface area contributed by atoms with E-state index >= 15 is 0 Å². The molecule has 0 radical (unpaired) electrons. The van der Waals surface area contributed by atoms with Crippen LogP contribution in [0.5, 0.6) is 0 Å². The maximum atomic E-state index is 5.73. The number of hydrogen-bond acceptors (Lipinski definition) is 5. The third kappa shape index (κ3) is 2.99. The minimum Gasteiger partial charge on any atom is -0.373 e. The summed E-state index contributed by atoms with van der Waals surface area (Å²) in [7, 11) is 1.85. The van der Waals surface area contributed by atoms with Crippen LogP contribution in [0.4, 0.5) is 17.6 Å². The molecule has 1 aliphatic carbocycles. The van der Waals surface area contributed by atoms with Gasteiger partial charge in [0.25, 0.3) is 0 Å². The lowest BCUT2D eigenvalue weighted by Gasteiger charge is -2.23. The average molecular weight is 235 g/mol. The van der Waals surface area contributed by atoms with Gasteiger partial charge in [0.15, 0.2) is 0 Å². The van der Waals surface area contributed by atoms with Crippen molar-refractivity contribution in [1.82, 2.24) is 9.97 Å². The Hall–Kier alpha value is -1.52. The molecule has 17 heavy (non-hydrogen) atoms. The average Bonchev–Trinajstić information content (AvgIpc) is 3.13. The van der Waals surface area contributed by atoms with E-state index in [9.17, 15) is 0 Å². The highest BCUT2D eigenvalue weighted by molar-refractivity contribution is 5.53. The van der Waals surface area contributed by atoms with E-state index in [2.05, 4.69) is 27.1 Å². The van der Waals surface area contributed by atoms with Gasteiger partial charge in [-0.2, -0.15) is 9.97 Å². The van der Waals surface area contributed by atoms with E-state index in [0.717, 1.165) is 18.2 Å². The Bertz CT molecular complexity index is 375. The van der Waals surface area contributed by atoms with Crippen molar-refractivity contribution < 1.29 is 0 Å². The maximum Gasteiger partial charge on any atom is 0.223 e. The minimum absolute atomic E-state index is 0.342. The first-order valence-corrected chi connectivity index (χ1v) is 6.33. The van der Waals surface area contributed by atoms with Gasteiger partial charge < -0.3 is 16.0 Å². The van der Waals surface area contributed by atoms with Gasteiger partial charge in [-0.3, -0.25) is 0 Å². The van der Waals surface area contributed by atoms with Crippen LogP contribution in [-0.2, 0) is 0 Å². The Labute approximate surface area is 102 Å². The lowest BCUT2D eigenvalue weighted by molar-refractivity contribution is 0.704. The molecule has 0 aromatic carbocycles. The Balaban J connectivity index is 2.18. The molecule has 5 heteroatoms. The van der Waals surface area contributed by atoms with Gasteiger partial charge in [-0.1, -0.05) is 13.3 Å². The van der Waals surface area contributed by atoms with Crippen molar-refractivity contribution in [2.75, 3.05) is 29.5 Å². The van der Waals surface area contributed by atoms with Crippen LogP contribution in [-0.4, -0.2) is 29.6 Å². The van der Waals surface area contributed by atoms with E-state index < -0.39 is 0 Å². The lowest BCUT2D eigenvalue weighted by atomic mass is 10.3. The number of hydrogen-bond donors (Lipinski definition) is 2. The van der Waals surface area contributed by atoms with Crippen LogP contribution in [0.2, 0.25) is 0 Å². The number of nitrogen functional groups attached to an aromatic ring is 1. The van der Waals surface area contributed by atoms with Crippen molar-refractivity contribution in [3.8, 4) is 0 Å². The fourth-order valence-corrected chi connectivity index (χ4v) is 1.93. The molecule has 0 aliphatic heterocycles. The molecule has 2 rings (SSSR count). The number of anilines is 3. The minimum atomic E-state index is 0.342. The first-order valence-electron chi connectivity index (χ1n) is 6.33. The molecule has 1 fully saturated rings. The molecule has 0 spiro atoms. The summed E-state index contributed by atoms with van der Waals surface area (Å²) in [6.07, 6.45) is 4.92. The number of nitrogens with two attached hydrogens (primary N) is 1. The van der Waals surface area contributed by atoms with E-state index in [-0.39, 0.29) is 0 Å². The molecular formula is C12H21N5. The standard InChI is InChI=1S/C12H21N5/c1-3-4-7-17(9-5-6-9)11-8-10(14-2)15-12(13)16-11/h8-9H,3-7H2,1-2H3,(H3,13,14,15,16). The number of aromatic nitrogens is 2. The second kappa shape index (κ2) is 5.21. The smallest absolute Gasteiger partial charge is 0.223 e. The van der Waals surface area contributed by atoms with Gasteiger partial charge in [-0.05, 0) is 19.3 Å². The molecule has 1 saturated carbocycles. The Morgan fingerprint density at radius 2 is 2.24 bits per heavy atom. The molecule has 1 aromatic rings. The zero-order valence-corrected chi connectivity index (χ0v) is 10.6. The summed E-state index contributed by atoms with van der Waals surface area (Å²) in [6, 6.07) is 2.63. The van der Waals surface area contributed by atoms with Crippen LogP contribution in [0, 0.1) is 0 Å². The van der Waals surface area contributed by atoms with Gasteiger partial charge in [0.1, 0.15) is 11.6 Å². The van der Waals surface area contributed by atoms with E-state index in [1.165, 1.54) is 25.7 Å². The summed E-state index contributed by atoms with van der Waals surface area (Å²) >= 11 is 0. The van der Waals surface area contributed by atoms with Gasteiger partial charge in [-0.15, -0.1) is 0 Å². The zero-order valence-electron chi connectivity index (χ0n) is 10.6. The SMILES string of the molecule is CCCCN(c1cc(NC)nc(N)n1)C1CC1. The molecular weight excluding hydrogens is 214 g/mol. The van der Waals surface area contributed by atoms with Crippen LogP contribution in [0.25, 0.3) is 0 Å². The molecule has 0 amide bonds. The van der Waals surface area contributed by atoms with Crippen LogP contribution in [0.1, 0.15) is 32.6 Å².